The lowest BCUT2D eigenvalue weighted by Crippen LogP contribution is -2.19. The minimum atomic E-state index is -1.47. The van der Waals surface area contributed by atoms with Crippen LogP contribution in [0.15, 0.2) is 41.3 Å². The summed E-state index contributed by atoms with van der Waals surface area (Å²) in [6.07, 6.45) is 1.04. The van der Waals surface area contributed by atoms with Gasteiger partial charge in [0.05, 0.1) is 5.39 Å². The van der Waals surface area contributed by atoms with Crippen molar-refractivity contribution in [1.29, 1.82) is 0 Å². The summed E-state index contributed by atoms with van der Waals surface area (Å²) in [6, 6.07) is 5.88. The average Bonchev–Trinajstić information content (AvgIpc) is 2.50. The van der Waals surface area contributed by atoms with Crippen LogP contribution in [-0.4, -0.2) is 20.6 Å². The Kier molecular flexibility index (Phi) is 3.57. The maximum Gasteiger partial charge on any atom is 0.341 e. The fourth-order valence-corrected chi connectivity index (χ4v) is 2.29. The molecule has 0 spiro atoms. The van der Waals surface area contributed by atoms with Crippen LogP contribution < -0.4 is 5.43 Å². The number of carbonyl (C=O) groups is 1. The van der Waals surface area contributed by atoms with E-state index < -0.39 is 33.7 Å². The fourth-order valence-electron chi connectivity index (χ4n) is 2.15. The van der Waals surface area contributed by atoms with Crippen LogP contribution in [0.2, 0.25) is 5.15 Å². The number of halogens is 3. The first kappa shape index (κ1) is 15.1. The van der Waals surface area contributed by atoms with E-state index in [4.69, 9.17) is 16.7 Å². The van der Waals surface area contributed by atoms with Crippen LogP contribution in [0.4, 0.5) is 8.78 Å². The smallest absolute Gasteiger partial charge is 0.341 e. The van der Waals surface area contributed by atoms with Gasteiger partial charge in [-0.15, -0.1) is 0 Å². The van der Waals surface area contributed by atoms with Gasteiger partial charge in [-0.1, -0.05) is 11.6 Å². The predicted molar refractivity (Wildman–Crippen MR) is 79.2 cm³/mol. The summed E-state index contributed by atoms with van der Waals surface area (Å²) in [5.74, 6) is -2.90. The van der Waals surface area contributed by atoms with Crippen LogP contribution >= 0.6 is 11.6 Å². The molecular weight excluding hydrogens is 330 g/mol. The van der Waals surface area contributed by atoms with Crippen LogP contribution in [0.1, 0.15) is 10.4 Å². The zero-order valence-corrected chi connectivity index (χ0v) is 12.0. The van der Waals surface area contributed by atoms with E-state index in [0.29, 0.717) is 5.69 Å². The SMILES string of the molecule is O=C(O)c1cn(-c2ccc(F)cc2)c2nc(Cl)c(F)cc2c1=O. The van der Waals surface area contributed by atoms with Crippen molar-refractivity contribution in [3.63, 3.8) is 0 Å². The molecule has 0 unspecified atom stereocenters. The molecule has 8 heteroatoms. The first-order valence-corrected chi connectivity index (χ1v) is 6.67. The van der Waals surface area contributed by atoms with E-state index in [-0.39, 0.29) is 11.0 Å². The largest absolute Gasteiger partial charge is 0.477 e. The number of carboxylic acids is 1. The molecule has 0 aliphatic heterocycles. The van der Waals surface area contributed by atoms with Gasteiger partial charge in [-0.25, -0.2) is 18.6 Å². The van der Waals surface area contributed by atoms with Crippen molar-refractivity contribution in [2.45, 2.75) is 0 Å². The Labute approximate surface area is 132 Å². The molecule has 116 valence electrons. The van der Waals surface area contributed by atoms with Crippen molar-refractivity contribution in [2.24, 2.45) is 0 Å². The average molecular weight is 337 g/mol. The second kappa shape index (κ2) is 5.44. The van der Waals surface area contributed by atoms with Crippen molar-refractivity contribution < 1.29 is 18.7 Å². The van der Waals surface area contributed by atoms with Gasteiger partial charge in [-0.2, -0.15) is 0 Å². The minimum Gasteiger partial charge on any atom is -0.477 e. The van der Waals surface area contributed by atoms with Crippen molar-refractivity contribution >= 4 is 28.6 Å². The first-order chi connectivity index (χ1) is 10.9. The van der Waals surface area contributed by atoms with Crippen LogP contribution in [-0.2, 0) is 0 Å². The highest BCUT2D eigenvalue weighted by Gasteiger charge is 2.18. The molecule has 3 rings (SSSR count). The maximum absolute atomic E-state index is 13.6. The maximum atomic E-state index is 13.6. The second-order valence-corrected chi connectivity index (χ2v) is 5.01. The van der Waals surface area contributed by atoms with Gasteiger partial charge in [0.2, 0.25) is 5.43 Å². The van der Waals surface area contributed by atoms with Gasteiger partial charge >= 0.3 is 5.97 Å². The summed E-state index contributed by atoms with van der Waals surface area (Å²) >= 11 is 5.65. The summed E-state index contributed by atoms with van der Waals surface area (Å²) in [4.78, 5) is 27.2. The lowest BCUT2D eigenvalue weighted by atomic mass is 10.2. The molecule has 0 aliphatic rings. The number of nitrogens with zero attached hydrogens (tertiary/aromatic N) is 2. The number of hydrogen-bond acceptors (Lipinski definition) is 3. The Bertz CT molecular complexity index is 1000. The third-order valence-corrected chi connectivity index (χ3v) is 3.49. The van der Waals surface area contributed by atoms with Crippen molar-refractivity contribution in [3.05, 3.63) is 69.1 Å². The first-order valence-electron chi connectivity index (χ1n) is 6.29. The third kappa shape index (κ3) is 2.55. The molecule has 1 N–H and O–H groups in total. The lowest BCUT2D eigenvalue weighted by Gasteiger charge is -2.12. The van der Waals surface area contributed by atoms with E-state index in [2.05, 4.69) is 4.98 Å². The number of carboxylic acid groups (broad SMARTS) is 1. The molecular formula is C15H7ClF2N2O3. The summed E-state index contributed by atoms with van der Waals surface area (Å²) in [7, 11) is 0. The van der Waals surface area contributed by atoms with Crippen molar-refractivity contribution in [2.75, 3.05) is 0 Å². The van der Waals surface area contributed by atoms with Crippen LogP contribution in [0.5, 0.6) is 0 Å². The van der Waals surface area contributed by atoms with Gasteiger partial charge in [0.15, 0.2) is 11.0 Å². The van der Waals surface area contributed by atoms with Gasteiger partial charge in [-0.3, -0.25) is 4.79 Å². The number of fused-ring (bicyclic) bond motifs is 1. The van der Waals surface area contributed by atoms with E-state index >= 15 is 0 Å². The molecule has 23 heavy (non-hydrogen) atoms. The van der Waals surface area contributed by atoms with Gasteiger partial charge in [0, 0.05) is 11.9 Å². The molecule has 0 bridgehead atoms. The van der Waals surface area contributed by atoms with E-state index in [1.54, 1.807) is 0 Å². The van der Waals surface area contributed by atoms with E-state index in [1.807, 2.05) is 0 Å². The van der Waals surface area contributed by atoms with Gasteiger partial charge in [-0.05, 0) is 30.3 Å². The Morgan fingerprint density at radius 3 is 2.48 bits per heavy atom. The molecule has 3 aromatic rings. The van der Waals surface area contributed by atoms with E-state index in [1.165, 1.54) is 16.7 Å². The Hall–Kier alpha value is -2.80. The molecule has 2 heterocycles. The molecule has 0 saturated carbocycles. The number of pyridine rings is 2. The van der Waals surface area contributed by atoms with Crippen molar-refractivity contribution in [3.8, 4) is 5.69 Å². The zero-order chi connectivity index (χ0) is 16.7. The standard InChI is InChI=1S/C15H7ClF2N2O3/c16-13-11(18)5-9-12(21)10(15(22)23)6-20(14(9)19-13)8-3-1-7(17)2-4-8/h1-6H,(H,22,23). The van der Waals surface area contributed by atoms with Crippen molar-refractivity contribution in [1.82, 2.24) is 9.55 Å². The third-order valence-electron chi connectivity index (χ3n) is 3.22. The van der Waals surface area contributed by atoms with Crippen LogP contribution in [0, 0.1) is 11.6 Å². The highest BCUT2D eigenvalue weighted by atomic mass is 35.5. The second-order valence-electron chi connectivity index (χ2n) is 4.66. The quantitative estimate of drug-likeness (QED) is 0.730. The summed E-state index contributed by atoms with van der Waals surface area (Å²) in [6.45, 7) is 0. The summed E-state index contributed by atoms with van der Waals surface area (Å²) < 4.78 is 27.9. The lowest BCUT2D eigenvalue weighted by molar-refractivity contribution is 0.0695. The Morgan fingerprint density at radius 1 is 1.22 bits per heavy atom. The van der Waals surface area contributed by atoms with Crippen LogP contribution in [0.3, 0.4) is 0 Å². The predicted octanol–water partition coefficient (Wildman–Crippen LogP) is 3.02. The number of hydrogen-bond donors (Lipinski definition) is 1. The Morgan fingerprint density at radius 2 is 1.87 bits per heavy atom. The number of rotatable bonds is 2. The molecule has 0 saturated heterocycles. The highest BCUT2D eigenvalue weighted by molar-refractivity contribution is 6.29. The van der Waals surface area contributed by atoms with E-state index in [9.17, 15) is 18.4 Å². The summed E-state index contributed by atoms with van der Waals surface area (Å²) in [5.41, 5.74) is -1.13. The molecule has 0 radical (unpaired) electrons. The number of aromatic carboxylic acids is 1. The van der Waals surface area contributed by atoms with Crippen LogP contribution in [0.25, 0.3) is 16.7 Å². The fraction of sp³-hybridized carbons (Fsp3) is 0. The zero-order valence-electron chi connectivity index (χ0n) is 11.3. The van der Waals surface area contributed by atoms with Gasteiger partial charge in [0.1, 0.15) is 17.0 Å². The normalized spacial score (nSPS) is 10.9. The molecule has 0 aliphatic carbocycles. The molecule has 5 nitrogen and oxygen atoms in total. The molecule has 1 aromatic carbocycles. The molecule has 0 amide bonds. The van der Waals surface area contributed by atoms with E-state index in [0.717, 1.165) is 24.4 Å². The molecule has 0 atom stereocenters. The summed E-state index contributed by atoms with van der Waals surface area (Å²) in [5, 5.41) is 8.45. The molecule has 0 fully saturated rings. The van der Waals surface area contributed by atoms with Gasteiger partial charge < -0.3 is 9.67 Å². The topological polar surface area (TPSA) is 72.2 Å². The molecule has 2 aromatic heterocycles. The number of benzene rings is 1. The minimum absolute atomic E-state index is 0.0296. The highest BCUT2D eigenvalue weighted by Crippen LogP contribution is 2.21. The van der Waals surface area contributed by atoms with Gasteiger partial charge in [0.25, 0.3) is 0 Å². The number of aromatic nitrogens is 2. The monoisotopic (exact) mass is 336 g/mol. The Balaban J connectivity index is 2.46.